The van der Waals surface area contributed by atoms with Gasteiger partial charge in [0.05, 0.1) is 4.70 Å². The average molecular weight is 228 g/mol. The first-order chi connectivity index (χ1) is 6.22. The fraction of sp³-hybridized carbons (Fsp3) is 0.111. The van der Waals surface area contributed by atoms with Gasteiger partial charge in [-0.2, -0.15) is 0 Å². The Morgan fingerprint density at radius 1 is 1.46 bits per heavy atom. The van der Waals surface area contributed by atoms with Crippen molar-refractivity contribution >= 4 is 45.8 Å². The third-order valence-electron chi connectivity index (χ3n) is 1.81. The van der Waals surface area contributed by atoms with Crippen LogP contribution in [-0.2, 0) is 0 Å². The minimum atomic E-state index is 0.365. The van der Waals surface area contributed by atoms with Gasteiger partial charge in [-0.15, -0.1) is 24.4 Å². The van der Waals surface area contributed by atoms with E-state index in [1.54, 1.807) is 17.8 Å². The van der Waals surface area contributed by atoms with Crippen LogP contribution in [0.25, 0.3) is 10.1 Å². The van der Waals surface area contributed by atoms with Gasteiger partial charge in [-0.05, 0) is 23.8 Å². The predicted octanol–water partition coefficient (Wildman–Crippen LogP) is 3.62. The van der Waals surface area contributed by atoms with E-state index in [0.29, 0.717) is 5.06 Å². The summed E-state index contributed by atoms with van der Waals surface area (Å²) in [5, 5.41) is 10.8. The highest BCUT2D eigenvalue weighted by Gasteiger charge is 2.07. The number of thiophene rings is 1. The normalized spacial score (nSPS) is 10.9. The Morgan fingerprint density at radius 2 is 2.23 bits per heavy atom. The molecule has 0 bridgehead atoms. The van der Waals surface area contributed by atoms with Gasteiger partial charge in [0.2, 0.25) is 0 Å². The van der Waals surface area contributed by atoms with E-state index < -0.39 is 0 Å². The van der Waals surface area contributed by atoms with E-state index in [4.69, 9.17) is 0 Å². The summed E-state index contributed by atoms with van der Waals surface area (Å²) < 4.78 is 1.12. The number of fused-ring (bicyclic) bond motifs is 1. The first-order valence-corrected chi connectivity index (χ1v) is 6.19. The summed E-state index contributed by atoms with van der Waals surface area (Å²) in [5.74, 6) is 0. The lowest BCUT2D eigenvalue weighted by Gasteiger charge is -2.01. The van der Waals surface area contributed by atoms with Gasteiger partial charge >= 0.3 is 0 Å². The molecular formula is C9H8OS3. The van der Waals surface area contributed by atoms with Gasteiger partial charge < -0.3 is 5.11 Å². The zero-order chi connectivity index (χ0) is 9.42. The molecule has 2 aromatic rings. The minimum Gasteiger partial charge on any atom is -0.499 e. The Hall–Kier alpha value is -0.320. The second kappa shape index (κ2) is 3.44. The molecule has 0 spiro atoms. The number of benzene rings is 1. The van der Waals surface area contributed by atoms with Crippen LogP contribution in [0.5, 0.6) is 5.06 Å². The molecule has 1 aromatic heterocycles. The molecule has 1 N–H and O–H groups in total. The van der Waals surface area contributed by atoms with E-state index in [1.165, 1.54) is 11.3 Å². The number of thiol groups is 1. The lowest BCUT2D eigenvalue weighted by molar-refractivity contribution is 0.491. The van der Waals surface area contributed by atoms with Crippen molar-refractivity contribution in [3.63, 3.8) is 0 Å². The average Bonchev–Trinajstić information content (AvgIpc) is 2.45. The smallest absolute Gasteiger partial charge is 0.172 e. The largest absolute Gasteiger partial charge is 0.499 e. The van der Waals surface area contributed by atoms with E-state index in [2.05, 4.69) is 12.6 Å². The zero-order valence-electron chi connectivity index (χ0n) is 6.94. The van der Waals surface area contributed by atoms with Gasteiger partial charge in [0.15, 0.2) is 5.06 Å². The zero-order valence-corrected chi connectivity index (χ0v) is 9.47. The van der Waals surface area contributed by atoms with Gasteiger partial charge in [-0.3, -0.25) is 0 Å². The molecule has 0 fully saturated rings. The summed E-state index contributed by atoms with van der Waals surface area (Å²) in [5.41, 5.74) is 0. The van der Waals surface area contributed by atoms with Crippen molar-refractivity contribution in [2.45, 2.75) is 9.79 Å². The van der Waals surface area contributed by atoms with E-state index in [9.17, 15) is 5.11 Å². The van der Waals surface area contributed by atoms with Crippen LogP contribution in [0, 0.1) is 0 Å². The SMILES string of the molecule is CSc1c(S)ccc2cc(O)sc12. The molecule has 0 amide bonds. The molecule has 1 nitrogen and oxygen atoms in total. The van der Waals surface area contributed by atoms with Crippen molar-refractivity contribution < 1.29 is 5.11 Å². The number of hydrogen-bond donors (Lipinski definition) is 2. The topological polar surface area (TPSA) is 20.2 Å². The number of rotatable bonds is 1. The summed E-state index contributed by atoms with van der Waals surface area (Å²) in [7, 11) is 0. The third kappa shape index (κ3) is 1.54. The van der Waals surface area contributed by atoms with Gasteiger partial charge in [0, 0.05) is 9.79 Å². The standard InChI is InChI=1S/C9H8OS3/c1-12-9-6(11)3-2-5-4-7(10)13-8(5)9/h2-4,10-11H,1H3. The van der Waals surface area contributed by atoms with Crippen molar-refractivity contribution in [2.75, 3.05) is 6.26 Å². The second-order valence-electron chi connectivity index (χ2n) is 2.62. The second-order valence-corrected chi connectivity index (χ2v) is 4.95. The summed E-state index contributed by atoms with van der Waals surface area (Å²) in [6, 6.07) is 5.73. The molecule has 0 unspecified atom stereocenters. The molecular weight excluding hydrogens is 220 g/mol. The Bertz CT molecular complexity index is 447. The molecule has 0 saturated carbocycles. The molecule has 4 heteroatoms. The van der Waals surface area contributed by atoms with Crippen molar-refractivity contribution in [1.82, 2.24) is 0 Å². The monoisotopic (exact) mass is 228 g/mol. The highest BCUT2D eigenvalue weighted by Crippen LogP contribution is 2.39. The van der Waals surface area contributed by atoms with Crippen LogP contribution in [0.2, 0.25) is 0 Å². The molecule has 0 saturated heterocycles. The number of hydrogen-bond acceptors (Lipinski definition) is 4. The fourth-order valence-corrected chi connectivity index (χ4v) is 3.58. The molecule has 0 aliphatic heterocycles. The Balaban J connectivity index is 2.82. The van der Waals surface area contributed by atoms with Gasteiger partial charge in [0.1, 0.15) is 0 Å². The minimum absolute atomic E-state index is 0.365. The quantitative estimate of drug-likeness (QED) is 0.574. The summed E-state index contributed by atoms with van der Waals surface area (Å²) in [6.45, 7) is 0. The van der Waals surface area contributed by atoms with Crippen LogP contribution in [0.15, 0.2) is 28.0 Å². The van der Waals surface area contributed by atoms with Gasteiger partial charge in [-0.25, -0.2) is 0 Å². The van der Waals surface area contributed by atoms with Crippen LogP contribution >= 0.6 is 35.7 Å². The third-order valence-corrected chi connectivity index (χ3v) is 4.27. The molecule has 0 aliphatic carbocycles. The van der Waals surface area contributed by atoms with E-state index >= 15 is 0 Å². The van der Waals surface area contributed by atoms with Crippen molar-refractivity contribution in [1.29, 1.82) is 0 Å². The Labute approximate surface area is 90.2 Å². The molecule has 1 heterocycles. The highest BCUT2D eigenvalue weighted by molar-refractivity contribution is 7.99. The molecule has 1 aromatic carbocycles. The number of thioether (sulfide) groups is 1. The van der Waals surface area contributed by atoms with Gasteiger partial charge in [0.25, 0.3) is 0 Å². The maximum absolute atomic E-state index is 9.35. The van der Waals surface area contributed by atoms with Crippen LogP contribution in [0.1, 0.15) is 0 Å². The molecule has 2 rings (SSSR count). The molecule has 0 atom stereocenters. The summed E-state index contributed by atoms with van der Waals surface area (Å²) in [4.78, 5) is 2.12. The predicted molar refractivity (Wildman–Crippen MR) is 62.5 cm³/mol. The molecule has 68 valence electrons. The van der Waals surface area contributed by atoms with E-state index in [-0.39, 0.29) is 0 Å². The van der Waals surface area contributed by atoms with Crippen LogP contribution in [0.3, 0.4) is 0 Å². The Morgan fingerprint density at radius 3 is 2.92 bits per heavy atom. The van der Waals surface area contributed by atoms with Crippen LogP contribution in [0.4, 0.5) is 0 Å². The lowest BCUT2D eigenvalue weighted by atomic mass is 10.3. The Kier molecular flexibility index (Phi) is 2.45. The van der Waals surface area contributed by atoms with Crippen LogP contribution in [-0.4, -0.2) is 11.4 Å². The lowest BCUT2D eigenvalue weighted by Crippen LogP contribution is -1.73. The first-order valence-electron chi connectivity index (χ1n) is 3.71. The van der Waals surface area contributed by atoms with Crippen molar-refractivity contribution in [3.8, 4) is 5.06 Å². The van der Waals surface area contributed by atoms with Crippen LogP contribution < -0.4 is 0 Å². The van der Waals surface area contributed by atoms with Crippen molar-refractivity contribution in [3.05, 3.63) is 18.2 Å². The summed E-state index contributed by atoms with van der Waals surface area (Å²) in [6.07, 6.45) is 2.02. The summed E-state index contributed by atoms with van der Waals surface area (Å²) >= 11 is 7.43. The first kappa shape index (κ1) is 9.24. The maximum Gasteiger partial charge on any atom is 0.172 e. The van der Waals surface area contributed by atoms with Gasteiger partial charge in [-0.1, -0.05) is 17.4 Å². The van der Waals surface area contributed by atoms with E-state index in [1.807, 2.05) is 18.4 Å². The molecule has 0 aliphatic rings. The van der Waals surface area contributed by atoms with Crippen molar-refractivity contribution in [2.24, 2.45) is 0 Å². The molecule has 0 radical (unpaired) electrons. The molecule has 13 heavy (non-hydrogen) atoms. The maximum atomic E-state index is 9.35. The number of aromatic hydroxyl groups is 1. The fourth-order valence-electron chi connectivity index (χ4n) is 1.25. The van der Waals surface area contributed by atoms with E-state index in [0.717, 1.165) is 19.9 Å². The highest BCUT2D eigenvalue weighted by atomic mass is 32.2.